The highest BCUT2D eigenvalue weighted by Gasteiger charge is 2.40. The van der Waals surface area contributed by atoms with Crippen LogP contribution in [0.4, 0.5) is 18.3 Å². The fourth-order valence-electron chi connectivity index (χ4n) is 2.19. The summed E-state index contributed by atoms with van der Waals surface area (Å²) in [7, 11) is 0. The summed E-state index contributed by atoms with van der Waals surface area (Å²) in [5, 5.41) is 2.63. The van der Waals surface area contributed by atoms with Crippen LogP contribution in [-0.2, 0) is 22.1 Å². The number of hydrogen-bond acceptors (Lipinski definition) is 5. The molecule has 2 rings (SSSR count). The van der Waals surface area contributed by atoms with Crippen molar-refractivity contribution in [2.24, 2.45) is 0 Å². The van der Waals surface area contributed by atoms with E-state index in [4.69, 9.17) is 11.6 Å². The highest BCUT2D eigenvalue weighted by atomic mass is 35.5. The molecule has 0 atom stereocenters. The minimum atomic E-state index is -4.82. The smallest absolute Gasteiger partial charge is 0.435 e. The monoisotopic (exact) mass is 420 g/mol. The molecule has 1 amide bonds. The Morgan fingerprint density at radius 1 is 1.26 bits per heavy atom. The molecule has 0 radical (unpaired) electrons. The molecular formula is C17H16ClF3N2O3S. The molecule has 10 heteroatoms. The number of carbonyl (C=O) groups is 2. The molecule has 5 nitrogen and oxygen atoms in total. The number of carbonyl (C=O) groups excluding carboxylic acids is 2. The molecule has 0 aliphatic carbocycles. The lowest BCUT2D eigenvalue weighted by molar-refractivity contribution is -0.141. The number of thiazole rings is 1. The van der Waals surface area contributed by atoms with Crippen LogP contribution in [0.25, 0.3) is 0 Å². The van der Waals surface area contributed by atoms with Crippen molar-refractivity contribution in [1.82, 2.24) is 4.98 Å². The Kier molecular flexibility index (Phi) is 7.20. The molecule has 0 aliphatic heterocycles. The summed E-state index contributed by atoms with van der Waals surface area (Å²) < 4.78 is 43.7. The van der Waals surface area contributed by atoms with Gasteiger partial charge in [-0.25, -0.2) is 9.78 Å². The topological polar surface area (TPSA) is 68.3 Å². The Balaban J connectivity index is 1.98. The molecule has 0 unspecified atom stereocenters. The normalized spacial score (nSPS) is 11.3. The molecule has 1 N–H and O–H groups in total. The summed E-state index contributed by atoms with van der Waals surface area (Å²) >= 11 is 6.23. The van der Waals surface area contributed by atoms with Crippen molar-refractivity contribution in [3.05, 3.63) is 45.4 Å². The number of aromatic nitrogens is 1. The predicted octanol–water partition coefficient (Wildman–Crippen LogP) is 4.95. The minimum absolute atomic E-state index is 0.0690. The van der Waals surface area contributed by atoms with E-state index in [1.807, 2.05) is 12.1 Å². The van der Waals surface area contributed by atoms with Gasteiger partial charge in [-0.1, -0.05) is 35.1 Å². The van der Waals surface area contributed by atoms with Crippen LogP contribution in [0.3, 0.4) is 0 Å². The van der Waals surface area contributed by atoms with Crippen molar-refractivity contribution in [1.29, 1.82) is 0 Å². The molecule has 1 heterocycles. The maximum atomic E-state index is 13.0. The standard InChI is InChI=1S/C17H16ClF3N2O3S/c1-2-26-15(25)13-14(17(19,20)21)23-16(27-13)22-12(24)5-3-4-10-6-8-11(18)9-7-10/h6-9H,2-5H2,1H3,(H,22,23,24). The number of benzene rings is 1. The maximum absolute atomic E-state index is 13.0. The molecule has 2 aromatic rings. The molecule has 0 saturated heterocycles. The van der Waals surface area contributed by atoms with Gasteiger partial charge < -0.3 is 10.1 Å². The summed E-state index contributed by atoms with van der Waals surface area (Å²) in [4.78, 5) is 26.3. The van der Waals surface area contributed by atoms with Gasteiger partial charge in [0.1, 0.15) is 4.88 Å². The fraction of sp³-hybridized carbons (Fsp3) is 0.353. The predicted molar refractivity (Wildman–Crippen MR) is 96.1 cm³/mol. The van der Waals surface area contributed by atoms with Gasteiger partial charge in [-0.2, -0.15) is 13.2 Å². The van der Waals surface area contributed by atoms with Crippen molar-refractivity contribution >= 4 is 39.9 Å². The lowest BCUT2D eigenvalue weighted by Gasteiger charge is -2.05. The number of esters is 1. The van der Waals surface area contributed by atoms with Gasteiger partial charge in [-0.15, -0.1) is 0 Å². The van der Waals surface area contributed by atoms with Crippen LogP contribution in [0.2, 0.25) is 5.02 Å². The van der Waals surface area contributed by atoms with Crippen molar-refractivity contribution in [2.75, 3.05) is 11.9 Å². The van der Waals surface area contributed by atoms with Gasteiger partial charge >= 0.3 is 12.1 Å². The summed E-state index contributed by atoms with van der Waals surface area (Å²) in [6.45, 7) is 1.41. The molecule has 146 valence electrons. The van der Waals surface area contributed by atoms with Gasteiger partial charge in [0.2, 0.25) is 5.91 Å². The molecule has 0 saturated carbocycles. The largest absolute Gasteiger partial charge is 0.462 e. The quantitative estimate of drug-likeness (QED) is 0.643. The van der Waals surface area contributed by atoms with Gasteiger partial charge in [0.15, 0.2) is 10.8 Å². The number of anilines is 1. The lowest BCUT2D eigenvalue weighted by atomic mass is 10.1. The zero-order valence-electron chi connectivity index (χ0n) is 14.2. The maximum Gasteiger partial charge on any atom is 0.435 e. The third kappa shape index (κ3) is 6.21. The first-order chi connectivity index (χ1) is 12.7. The summed E-state index contributed by atoms with van der Waals surface area (Å²) in [5.74, 6) is -1.60. The van der Waals surface area contributed by atoms with Crippen molar-refractivity contribution < 1.29 is 27.5 Å². The Bertz CT molecular complexity index is 807. The third-order valence-corrected chi connectivity index (χ3v) is 4.59. The van der Waals surface area contributed by atoms with Gasteiger partial charge in [-0.3, -0.25) is 4.79 Å². The van der Waals surface area contributed by atoms with Gasteiger partial charge in [0.25, 0.3) is 0 Å². The molecular weight excluding hydrogens is 405 g/mol. The average molecular weight is 421 g/mol. The van der Waals surface area contributed by atoms with Crippen LogP contribution in [0.1, 0.15) is 40.7 Å². The Morgan fingerprint density at radius 2 is 1.93 bits per heavy atom. The number of amides is 1. The average Bonchev–Trinajstić information content (AvgIpc) is 3.01. The lowest BCUT2D eigenvalue weighted by Crippen LogP contribution is -2.14. The highest BCUT2D eigenvalue weighted by Crippen LogP contribution is 2.36. The number of nitrogens with zero attached hydrogens (tertiary/aromatic N) is 1. The van der Waals surface area contributed by atoms with E-state index in [1.54, 1.807) is 12.1 Å². The van der Waals surface area contributed by atoms with Crippen molar-refractivity contribution in [3.63, 3.8) is 0 Å². The molecule has 0 bridgehead atoms. The van der Waals surface area contributed by atoms with Crippen LogP contribution >= 0.6 is 22.9 Å². The van der Waals surface area contributed by atoms with E-state index < -0.39 is 28.6 Å². The number of alkyl halides is 3. The Labute approximate surface area is 162 Å². The second-order valence-corrected chi connectivity index (χ2v) is 6.88. The summed E-state index contributed by atoms with van der Waals surface area (Å²) in [6.07, 6.45) is -3.62. The summed E-state index contributed by atoms with van der Waals surface area (Å²) in [6, 6.07) is 7.15. The van der Waals surface area contributed by atoms with Crippen LogP contribution < -0.4 is 5.32 Å². The second-order valence-electron chi connectivity index (χ2n) is 5.44. The molecule has 0 aliphatic rings. The molecule has 27 heavy (non-hydrogen) atoms. The van der Waals surface area contributed by atoms with E-state index in [9.17, 15) is 22.8 Å². The molecule has 0 spiro atoms. The number of rotatable bonds is 7. The highest BCUT2D eigenvalue weighted by molar-refractivity contribution is 7.17. The van der Waals surface area contributed by atoms with E-state index in [1.165, 1.54) is 6.92 Å². The van der Waals surface area contributed by atoms with Crippen molar-refractivity contribution in [2.45, 2.75) is 32.4 Å². The second kappa shape index (κ2) is 9.18. The molecule has 0 fully saturated rings. The first kappa shape index (κ1) is 21.2. The van der Waals surface area contributed by atoms with E-state index >= 15 is 0 Å². The third-order valence-electron chi connectivity index (χ3n) is 3.39. The zero-order chi connectivity index (χ0) is 20.0. The van der Waals surface area contributed by atoms with E-state index in [0.717, 1.165) is 5.56 Å². The summed E-state index contributed by atoms with van der Waals surface area (Å²) in [5.41, 5.74) is -0.368. The van der Waals surface area contributed by atoms with Gasteiger partial charge in [-0.05, 0) is 37.5 Å². The fourth-order valence-corrected chi connectivity index (χ4v) is 3.21. The van der Waals surface area contributed by atoms with Gasteiger partial charge in [0.05, 0.1) is 6.61 Å². The number of hydrogen-bond donors (Lipinski definition) is 1. The number of halogens is 4. The number of nitrogens with one attached hydrogen (secondary N) is 1. The van der Waals surface area contributed by atoms with Crippen LogP contribution in [0.5, 0.6) is 0 Å². The molecule has 1 aromatic carbocycles. The Hall–Kier alpha value is -2.13. The van der Waals surface area contributed by atoms with E-state index in [0.29, 0.717) is 29.2 Å². The van der Waals surface area contributed by atoms with Gasteiger partial charge in [0, 0.05) is 11.4 Å². The van der Waals surface area contributed by atoms with Crippen LogP contribution in [0.15, 0.2) is 24.3 Å². The van der Waals surface area contributed by atoms with E-state index in [-0.39, 0.29) is 18.2 Å². The molecule has 1 aromatic heterocycles. The van der Waals surface area contributed by atoms with E-state index in [2.05, 4.69) is 15.0 Å². The van der Waals surface area contributed by atoms with Crippen molar-refractivity contribution in [3.8, 4) is 0 Å². The first-order valence-electron chi connectivity index (χ1n) is 8.00. The van der Waals surface area contributed by atoms with Crippen LogP contribution in [-0.4, -0.2) is 23.5 Å². The Morgan fingerprint density at radius 3 is 2.52 bits per heavy atom. The number of aryl methyl sites for hydroxylation is 1. The minimum Gasteiger partial charge on any atom is -0.462 e. The number of ether oxygens (including phenoxy) is 1. The SMILES string of the molecule is CCOC(=O)c1sc(NC(=O)CCCc2ccc(Cl)cc2)nc1C(F)(F)F. The zero-order valence-corrected chi connectivity index (χ0v) is 15.8. The first-order valence-corrected chi connectivity index (χ1v) is 9.19. The van der Waals surface area contributed by atoms with Crippen LogP contribution in [0, 0.1) is 0 Å².